The SMILES string of the molecule is BC(B)(NC(=O)C(F)(F)c1ccc(Cl)cc1)c1ccc2c(c1)CN([C@]1(B)C(=O)NC(=O)CC1(B)B)C2=O. The number of rotatable bonds is 5. The summed E-state index contributed by atoms with van der Waals surface area (Å²) >= 11 is 5.77. The summed E-state index contributed by atoms with van der Waals surface area (Å²) in [5.74, 6) is -6.58. The average Bonchev–Trinajstić information content (AvgIpc) is 3.13. The van der Waals surface area contributed by atoms with E-state index in [2.05, 4.69) is 10.6 Å². The Hall–Kier alpha value is -3.01. The molecule has 1 fully saturated rings. The van der Waals surface area contributed by atoms with Gasteiger partial charge in [-0.15, -0.1) is 0 Å². The second-order valence-electron chi connectivity index (χ2n) is 10.9. The van der Waals surface area contributed by atoms with E-state index in [0.717, 1.165) is 12.1 Å². The lowest BCUT2D eigenvalue weighted by Gasteiger charge is -2.51. The fourth-order valence-corrected chi connectivity index (χ4v) is 5.08. The van der Waals surface area contributed by atoms with Crippen LogP contribution in [-0.4, -0.2) is 73.2 Å². The minimum absolute atomic E-state index is 0.0709. The van der Waals surface area contributed by atoms with Crippen LogP contribution >= 0.6 is 11.6 Å². The van der Waals surface area contributed by atoms with Gasteiger partial charge in [0.25, 0.3) is 11.8 Å². The van der Waals surface area contributed by atoms with Crippen LogP contribution < -0.4 is 10.6 Å². The third-order valence-corrected chi connectivity index (χ3v) is 7.96. The van der Waals surface area contributed by atoms with Crippen LogP contribution in [0.1, 0.15) is 33.5 Å². The van der Waals surface area contributed by atoms with Crippen molar-refractivity contribution in [1.29, 1.82) is 0 Å². The van der Waals surface area contributed by atoms with Crippen LogP contribution in [0.4, 0.5) is 8.78 Å². The Labute approximate surface area is 222 Å². The number of nitrogens with one attached hydrogen (secondary N) is 2. The topological polar surface area (TPSA) is 95.6 Å². The number of nitrogens with zero attached hydrogens (tertiary/aromatic N) is 1. The Morgan fingerprint density at radius 2 is 1.62 bits per heavy atom. The molecule has 0 saturated carbocycles. The van der Waals surface area contributed by atoms with Crippen LogP contribution in [-0.2, 0) is 32.2 Å². The summed E-state index contributed by atoms with van der Waals surface area (Å²) in [5.41, 5.74) is -0.300. The van der Waals surface area contributed by atoms with Gasteiger partial charge in [-0.2, -0.15) is 8.78 Å². The smallest absolute Gasteiger partial charge is 0.349 e. The van der Waals surface area contributed by atoms with E-state index in [1.807, 2.05) is 0 Å². The van der Waals surface area contributed by atoms with Gasteiger partial charge in [-0.25, -0.2) is 0 Å². The fraction of sp³-hybridized carbons (Fsp3) is 0.273. The molecule has 2 aliphatic heterocycles. The maximum absolute atomic E-state index is 14.9. The van der Waals surface area contributed by atoms with Gasteiger partial charge in [-0.05, 0) is 29.3 Å². The molecule has 1 atom stereocenters. The van der Waals surface area contributed by atoms with Crippen molar-refractivity contribution in [2.45, 2.75) is 34.9 Å². The maximum atomic E-state index is 14.9. The summed E-state index contributed by atoms with van der Waals surface area (Å²) in [6.07, 6.45) is 0.0709. The van der Waals surface area contributed by atoms with Gasteiger partial charge in [0.15, 0.2) is 0 Å². The van der Waals surface area contributed by atoms with E-state index >= 15 is 0 Å². The van der Waals surface area contributed by atoms with Gasteiger partial charge >= 0.3 is 5.92 Å². The van der Waals surface area contributed by atoms with Crippen LogP contribution in [0.3, 0.4) is 0 Å². The van der Waals surface area contributed by atoms with Gasteiger partial charge in [0, 0.05) is 34.5 Å². The Balaban J connectivity index is 1.60. The minimum atomic E-state index is -3.79. The Kier molecular flexibility index (Phi) is 6.42. The molecular formula is C22H23B5ClF2N3O4. The predicted octanol–water partition coefficient (Wildman–Crippen LogP) is -2.66. The van der Waals surface area contributed by atoms with Gasteiger partial charge in [0.05, 0.1) is 5.44 Å². The second kappa shape index (κ2) is 8.79. The van der Waals surface area contributed by atoms with Crippen molar-refractivity contribution in [3.63, 3.8) is 0 Å². The number of imide groups is 1. The highest BCUT2D eigenvalue weighted by atomic mass is 35.5. The number of alkyl halides is 2. The molecule has 4 amide bonds. The highest BCUT2D eigenvalue weighted by molar-refractivity contribution is 6.52. The standard InChI is InChI=1S/C22H23B5ClF2N3O4/c23-19(24)8-15(34)31-18(37)21(19,25)33-9-10-7-12(3-6-14(10)16(33)35)22(26,27)32-17(36)20(29,30)11-1-4-13(28)5-2-11/h1-7H,8-9,23-27H2,(H,32,36)(H,31,34,37)/t21-/m1/s1. The predicted molar refractivity (Wildman–Crippen MR) is 147 cm³/mol. The van der Waals surface area contributed by atoms with Gasteiger partial charge in [-0.1, -0.05) is 41.1 Å². The Bertz CT molecular complexity index is 1340. The number of hydrogen-bond acceptors (Lipinski definition) is 4. The molecule has 0 aromatic heterocycles. The van der Waals surface area contributed by atoms with Crippen molar-refractivity contribution in [2.24, 2.45) is 0 Å². The van der Waals surface area contributed by atoms with Crippen LogP contribution in [0.5, 0.6) is 0 Å². The van der Waals surface area contributed by atoms with E-state index in [4.69, 9.17) is 11.6 Å². The molecule has 1 saturated heterocycles. The molecule has 2 heterocycles. The van der Waals surface area contributed by atoms with Crippen molar-refractivity contribution in [1.82, 2.24) is 15.5 Å². The maximum Gasteiger partial charge on any atom is 0.349 e. The molecule has 0 bridgehead atoms. The monoisotopic (exact) mass is 521 g/mol. The molecule has 2 aromatic rings. The third kappa shape index (κ3) is 4.39. The van der Waals surface area contributed by atoms with Gasteiger partial charge in [0.1, 0.15) is 39.2 Å². The summed E-state index contributed by atoms with van der Waals surface area (Å²) in [5, 5.41) is 2.99. The number of benzene rings is 2. The second-order valence-corrected chi connectivity index (χ2v) is 11.4. The first-order chi connectivity index (χ1) is 17.0. The molecule has 2 aromatic carbocycles. The minimum Gasteiger partial charge on any atom is -0.357 e. The van der Waals surface area contributed by atoms with Crippen LogP contribution in [0.25, 0.3) is 0 Å². The number of amides is 4. The van der Waals surface area contributed by atoms with Crippen LogP contribution in [0, 0.1) is 0 Å². The van der Waals surface area contributed by atoms with E-state index in [1.165, 1.54) is 17.0 Å². The van der Waals surface area contributed by atoms with Crippen LogP contribution in [0.15, 0.2) is 42.5 Å². The zero-order chi connectivity index (χ0) is 27.6. The summed E-state index contributed by atoms with van der Waals surface area (Å²) in [4.78, 5) is 52.4. The average molecular weight is 521 g/mol. The van der Waals surface area contributed by atoms with Gasteiger partial charge in [-0.3, -0.25) is 24.5 Å². The number of fused-ring (bicyclic) bond motifs is 1. The van der Waals surface area contributed by atoms with Gasteiger partial charge in [0.2, 0.25) is 11.8 Å². The molecule has 7 nitrogen and oxygen atoms in total. The number of piperidine rings is 1. The van der Waals surface area contributed by atoms with Gasteiger partial charge < -0.3 is 10.2 Å². The lowest BCUT2D eigenvalue weighted by molar-refractivity contribution is -0.147. The molecular weight excluding hydrogens is 498 g/mol. The zero-order valence-electron chi connectivity index (χ0n) is 21.2. The number of carbonyl (C=O) groups excluding carboxylic acids is 4. The van der Waals surface area contributed by atoms with E-state index in [1.54, 1.807) is 57.4 Å². The van der Waals surface area contributed by atoms with E-state index in [0.29, 0.717) is 16.7 Å². The van der Waals surface area contributed by atoms with Crippen molar-refractivity contribution in [2.75, 3.05) is 0 Å². The summed E-state index contributed by atoms with van der Waals surface area (Å²) in [7, 11) is 8.35. The molecule has 15 heteroatoms. The summed E-state index contributed by atoms with van der Waals surface area (Å²) in [6.45, 7) is 0.0918. The first-order valence-electron chi connectivity index (χ1n) is 11.8. The normalized spacial score (nSPS) is 21.4. The highest BCUT2D eigenvalue weighted by Gasteiger charge is 2.57. The van der Waals surface area contributed by atoms with E-state index in [9.17, 15) is 28.0 Å². The largest absolute Gasteiger partial charge is 0.357 e. The molecule has 2 N–H and O–H groups in total. The quantitative estimate of drug-likeness (QED) is 0.332. The lowest BCUT2D eigenvalue weighted by atomic mass is 9.36. The first kappa shape index (κ1) is 27.0. The molecule has 0 radical (unpaired) electrons. The molecule has 0 spiro atoms. The fourth-order valence-electron chi connectivity index (χ4n) is 4.96. The van der Waals surface area contributed by atoms with Crippen molar-refractivity contribution in [3.05, 3.63) is 69.7 Å². The molecule has 186 valence electrons. The highest BCUT2D eigenvalue weighted by Crippen LogP contribution is 2.44. The molecule has 4 rings (SSSR count). The molecule has 0 aliphatic carbocycles. The number of hydrogen-bond donors (Lipinski definition) is 2. The van der Waals surface area contributed by atoms with Crippen LogP contribution in [0.2, 0.25) is 10.2 Å². The summed E-state index contributed by atoms with van der Waals surface area (Å²) in [6, 6.07) is 9.62. The van der Waals surface area contributed by atoms with E-state index in [-0.39, 0.29) is 23.9 Å². The third-order valence-electron chi connectivity index (χ3n) is 7.70. The Morgan fingerprint density at radius 3 is 2.22 bits per heavy atom. The molecule has 2 aliphatic rings. The van der Waals surface area contributed by atoms with Crippen molar-refractivity contribution >= 4 is 74.5 Å². The lowest BCUT2D eigenvalue weighted by Crippen LogP contribution is -2.70. The molecule has 37 heavy (non-hydrogen) atoms. The van der Waals surface area contributed by atoms with Crippen molar-refractivity contribution < 1.29 is 28.0 Å². The van der Waals surface area contributed by atoms with Crippen molar-refractivity contribution in [3.8, 4) is 0 Å². The zero-order valence-corrected chi connectivity index (χ0v) is 21.9. The van der Waals surface area contributed by atoms with E-state index < -0.39 is 45.2 Å². The molecule has 0 unspecified atom stereocenters. The Morgan fingerprint density at radius 1 is 1.03 bits per heavy atom. The number of halogens is 3. The number of carbonyl (C=O) groups is 4. The first-order valence-corrected chi connectivity index (χ1v) is 12.1. The summed E-state index contributed by atoms with van der Waals surface area (Å²) < 4.78 is 29.7.